The maximum atomic E-state index is 6.11. The molecule has 7 heteroatoms. The summed E-state index contributed by atoms with van der Waals surface area (Å²) in [6, 6.07) is 17.4. The van der Waals surface area contributed by atoms with Gasteiger partial charge < -0.3 is 4.98 Å². The van der Waals surface area contributed by atoms with Crippen molar-refractivity contribution in [1.82, 2.24) is 30.6 Å². The molecule has 0 bridgehead atoms. The minimum Gasteiger partial charge on any atom is -0.335 e. The lowest BCUT2D eigenvalue weighted by Crippen LogP contribution is -1.86. The van der Waals surface area contributed by atoms with Crippen LogP contribution in [0.25, 0.3) is 34.2 Å². The second-order valence-corrected chi connectivity index (χ2v) is 5.36. The number of imidazole rings is 1. The number of rotatable bonds is 3. The Bertz CT molecular complexity index is 930. The molecule has 2 heterocycles. The Kier molecular flexibility index (Phi) is 3.36. The topological polar surface area (TPSA) is 83.1 Å². The van der Waals surface area contributed by atoms with E-state index in [0.29, 0.717) is 16.5 Å². The monoisotopic (exact) mass is 322 g/mol. The van der Waals surface area contributed by atoms with Gasteiger partial charge in [-0.25, -0.2) is 4.98 Å². The van der Waals surface area contributed by atoms with E-state index in [2.05, 4.69) is 25.6 Å². The fourth-order valence-electron chi connectivity index (χ4n) is 2.38. The van der Waals surface area contributed by atoms with Gasteiger partial charge in [0.2, 0.25) is 5.82 Å². The number of nitrogens with one attached hydrogen (secondary N) is 2. The summed E-state index contributed by atoms with van der Waals surface area (Å²) < 4.78 is 0. The second-order valence-electron chi connectivity index (χ2n) is 4.92. The van der Waals surface area contributed by atoms with E-state index in [4.69, 9.17) is 16.6 Å². The molecule has 0 spiro atoms. The van der Waals surface area contributed by atoms with Crippen molar-refractivity contribution < 1.29 is 0 Å². The highest BCUT2D eigenvalue weighted by Crippen LogP contribution is 2.32. The first-order valence-corrected chi connectivity index (χ1v) is 7.34. The van der Waals surface area contributed by atoms with Crippen molar-refractivity contribution in [2.45, 2.75) is 0 Å². The third-order valence-electron chi connectivity index (χ3n) is 3.42. The Balaban J connectivity index is 1.92. The molecule has 0 unspecified atom stereocenters. The van der Waals surface area contributed by atoms with Gasteiger partial charge in [0, 0.05) is 16.1 Å². The van der Waals surface area contributed by atoms with Crippen LogP contribution in [0.15, 0.2) is 54.6 Å². The zero-order valence-electron chi connectivity index (χ0n) is 11.9. The summed E-state index contributed by atoms with van der Waals surface area (Å²) in [5.41, 5.74) is 3.29. The van der Waals surface area contributed by atoms with E-state index >= 15 is 0 Å². The van der Waals surface area contributed by atoms with Gasteiger partial charge in [0.05, 0.1) is 0 Å². The summed E-state index contributed by atoms with van der Waals surface area (Å²) in [5, 5.41) is 14.8. The zero-order valence-corrected chi connectivity index (χ0v) is 12.6. The van der Waals surface area contributed by atoms with Gasteiger partial charge >= 0.3 is 0 Å². The molecular formula is C16H11ClN6. The third kappa shape index (κ3) is 2.60. The molecule has 0 radical (unpaired) electrons. The van der Waals surface area contributed by atoms with E-state index in [1.165, 1.54) is 0 Å². The van der Waals surface area contributed by atoms with Crippen LogP contribution >= 0.6 is 11.6 Å². The second kappa shape index (κ2) is 5.66. The Morgan fingerprint density at radius 1 is 0.913 bits per heavy atom. The number of H-pyrrole nitrogens is 2. The number of tetrazole rings is 1. The average Bonchev–Trinajstić information content (AvgIpc) is 3.25. The van der Waals surface area contributed by atoms with Crippen LogP contribution in [0.1, 0.15) is 0 Å². The van der Waals surface area contributed by atoms with Crippen LogP contribution in [-0.2, 0) is 0 Å². The number of hydrogen-bond acceptors (Lipinski definition) is 4. The first-order valence-electron chi connectivity index (χ1n) is 6.96. The highest BCUT2D eigenvalue weighted by atomic mass is 35.5. The van der Waals surface area contributed by atoms with Crippen LogP contribution in [0.5, 0.6) is 0 Å². The fraction of sp³-hybridized carbons (Fsp3) is 0. The van der Waals surface area contributed by atoms with Crippen molar-refractivity contribution in [2.24, 2.45) is 0 Å². The molecule has 0 amide bonds. The summed E-state index contributed by atoms with van der Waals surface area (Å²) in [7, 11) is 0. The van der Waals surface area contributed by atoms with E-state index < -0.39 is 0 Å². The van der Waals surface area contributed by atoms with Crippen molar-refractivity contribution in [1.29, 1.82) is 0 Å². The van der Waals surface area contributed by atoms with Gasteiger partial charge in [0.15, 0.2) is 0 Å². The molecule has 0 aliphatic rings. The molecule has 4 aromatic rings. The summed E-state index contributed by atoms with van der Waals surface area (Å²) in [6.07, 6.45) is 0. The number of benzene rings is 2. The molecule has 2 aromatic carbocycles. The smallest absolute Gasteiger partial charge is 0.223 e. The molecule has 4 rings (SSSR count). The van der Waals surface area contributed by atoms with E-state index in [-0.39, 0.29) is 0 Å². The summed E-state index contributed by atoms with van der Waals surface area (Å²) >= 11 is 6.11. The molecule has 0 aliphatic heterocycles. The first kappa shape index (κ1) is 13.7. The molecule has 2 aromatic heterocycles. The molecular weight excluding hydrogens is 312 g/mol. The Morgan fingerprint density at radius 2 is 1.74 bits per heavy atom. The number of halogens is 1. The van der Waals surface area contributed by atoms with Crippen molar-refractivity contribution in [3.05, 3.63) is 59.6 Å². The quantitative estimate of drug-likeness (QED) is 0.604. The predicted octanol–water partition coefficient (Wildman–Crippen LogP) is 3.58. The molecule has 6 nitrogen and oxygen atoms in total. The number of aromatic nitrogens is 6. The number of aromatic amines is 2. The predicted molar refractivity (Wildman–Crippen MR) is 87.6 cm³/mol. The van der Waals surface area contributed by atoms with E-state index in [9.17, 15) is 0 Å². The zero-order chi connectivity index (χ0) is 15.6. The van der Waals surface area contributed by atoms with Crippen molar-refractivity contribution in [2.75, 3.05) is 0 Å². The largest absolute Gasteiger partial charge is 0.335 e. The van der Waals surface area contributed by atoms with Gasteiger partial charge in [0.25, 0.3) is 0 Å². The van der Waals surface area contributed by atoms with E-state index in [1.54, 1.807) is 0 Å². The molecule has 2 N–H and O–H groups in total. The van der Waals surface area contributed by atoms with E-state index in [1.807, 2.05) is 54.6 Å². The van der Waals surface area contributed by atoms with E-state index in [0.717, 1.165) is 22.6 Å². The molecule has 112 valence electrons. The minimum atomic E-state index is 0.453. The normalized spacial score (nSPS) is 10.8. The lowest BCUT2D eigenvalue weighted by atomic mass is 10.1. The van der Waals surface area contributed by atoms with Crippen LogP contribution in [-0.4, -0.2) is 30.6 Å². The summed E-state index contributed by atoms with van der Waals surface area (Å²) in [5.74, 6) is 1.19. The van der Waals surface area contributed by atoms with Crippen LogP contribution < -0.4 is 0 Å². The molecule has 0 atom stereocenters. The molecule has 0 saturated carbocycles. The van der Waals surface area contributed by atoms with Crippen LogP contribution in [0.4, 0.5) is 0 Å². The molecule has 0 aliphatic carbocycles. The van der Waals surface area contributed by atoms with Gasteiger partial charge in [0.1, 0.15) is 17.2 Å². The number of nitrogens with zero attached hydrogens (tertiary/aromatic N) is 4. The van der Waals surface area contributed by atoms with Crippen LogP contribution in [0.3, 0.4) is 0 Å². The minimum absolute atomic E-state index is 0.453. The Labute approximate surface area is 136 Å². The SMILES string of the molecule is Clc1cccc(-c2nc(-c3ccccc3)[nH]c2-c2nn[nH]n2)c1. The average molecular weight is 323 g/mol. The Morgan fingerprint density at radius 3 is 2.48 bits per heavy atom. The highest BCUT2D eigenvalue weighted by Gasteiger charge is 2.18. The lowest BCUT2D eigenvalue weighted by Gasteiger charge is -1.99. The van der Waals surface area contributed by atoms with Gasteiger partial charge in [-0.3, -0.25) is 0 Å². The van der Waals surface area contributed by atoms with Crippen molar-refractivity contribution >= 4 is 11.6 Å². The number of hydrogen-bond donors (Lipinski definition) is 2. The first-order chi connectivity index (χ1) is 11.3. The van der Waals surface area contributed by atoms with Crippen LogP contribution in [0, 0.1) is 0 Å². The molecule has 23 heavy (non-hydrogen) atoms. The van der Waals surface area contributed by atoms with Gasteiger partial charge in [-0.15, -0.1) is 10.2 Å². The fourth-order valence-corrected chi connectivity index (χ4v) is 2.57. The summed E-state index contributed by atoms with van der Waals surface area (Å²) in [4.78, 5) is 7.99. The van der Waals surface area contributed by atoms with Gasteiger partial charge in [-0.1, -0.05) is 54.1 Å². The third-order valence-corrected chi connectivity index (χ3v) is 3.65. The maximum Gasteiger partial charge on any atom is 0.223 e. The maximum absolute atomic E-state index is 6.11. The van der Waals surface area contributed by atoms with Crippen LogP contribution in [0.2, 0.25) is 5.02 Å². The standard InChI is InChI=1S/C16H11ClN6/c17-12-8-4-7-11(9-12)13-14(16-20-22-23-21-16)19-15(18-13)10-5-2-1-3-6-10/h1-9H,(H,18,19)(H,20,21,22,23). The highest BCUT2D eigenvalue weighted by molar-refractivity contribution is 6.30. The van der Waals surface area contributed by atoms with Gasteiger partial charge in [-0.2, -0.15) is 5.21 Å². The van der Waals surface area contributed by atoms with Crippen molar-refractivity contribution in [3.63, 3.8) is 0 Å². The van der Waals surface area contributed by atoms with Gasteiger partial charge in [-0.05, 0) is 17.3 Å². The molecule has 0 saturated heterocycles. The Hall–Kier alpha value is -2.99. The molecule has 0 fully saturated rings. The van der Waals surface area contributed by atoms with Crippen molar-refractivity contribution in [3.8, 4) is 34.2 Å². The summed E-state index contributed by atoms with van der Waals surface area (Å²) in [6.45, 7) is 0. The lowest BCUT2D eigenvalue weighted by molar-refractivity contribution is 0.881.